The molecule has 1 heterocycles. The standard InChI is InChI=1S/C8H16O2/c1-8(2,3)7-4-6(9)5-10-7/h6-7,9H,4-5H2,1-3H3/t6-,7+/m1/s1. The van der Waals surface area contributed by atoms with Crippen molar-refractivity contribution in [2.24, 2.45) is 5.41 Å². The third kappa shape index (κ3) is 1.70. The van der Waals surface area contributed by atoms with Gasteiger partial charge in [0.25, 0.3) is 0 Å². The van der Waals surface area contributed by atoms with Crippen LogP contribution in [0.25, 0.3) is 0 Å². The van der Waals surface area contributed by atoms with Crippen molar-refractivity contribution in [2.45, 2.75) is 39.4 Å². The lowest BCUT2D eigenvalue weighted by atomic mass is 9.87. The van der Waals surface area contributed by atoms with Gasteiger partial charge in [-0.3, -0.25) is 0 Å². The highest BCUT2D eigenvalue weighted by Crippen LogP contribution is 2.29. The van der Waals surface area contributed by atoms with Gasteiger partial charge in [0, 0.05) is 6.42 Å². The Morgan fingerprint density at radius 3 is 2.20 bits per heavy atom. The normalized spacial score (nSPS) is 34.8. The van der Waals surface area contributed by atoms with E-state index in [2.05, 4.69) is 20.8 Å². The molecule has 0 aromatic heterocycles. The summed E-state index contributed by atoms with van der Waals surface area (Å²) in [5.74, 6) is 0. The van der Waals surface area contributed by atoms with Crippen LogP contribution < -0.4 is 0 Å². The molecule has 60 valence electrons. The molecule has 0 radical (unpaired) electrons. The lowest BCUT2D eigenvalue weighted by Gasteiger charge is -2.25. The number of rotatable bonds is 0. The van der Waals surface area contributed by atoms with Crippen LogP contribution in [-0.2, 0) is 4.74 Å². The van der Waals surface area contributed by atoms with Crippen LogP contribution in [0.15, 0.2) is 0 Å². The lowest BCUT2D eigenvalue weighted by molar-refractivity contribution is 0.0245. The Morgan fingerprint density at radius 2 is 2.00 bits per heavy atom. The van der Waals surface area contributed by atoms with Gasteiger partial charge in [-0.1, -0.05) is 20.8 Å². The number of hydrogen-bond donors (Lipinski definition) is 1. The predicted molar refractivity (Wildman–Crippen MR) is 39.8 cm³/mol. The SMILES string of the molecule is CC(C)(C)[C@@H]1C[C@@H](O)CO1. The Morgan fingerprint density at radius 1 is 1.40 bits per heavy atom. The average Bonchev–Trinajstić information content (AvgIpc) is 2.11. The first-order chi connectivity index (χ1) is 4.50. The largest absolute Gasteiger partial charge is 0.391 e. The summed E-state index contributed by atoms with van der Waals surface area (Å²) in [5.41, 5.74) is 0.178. The minimum Gasteiger partial charge on any atom is -0.391 e. The molecule has 1 saturated heterocycles. The summed E-state index contributed by atoms with van der Waals surface area (Å²) in [6.45, 7) is 6.92. The van der Waals surface area contributed by atoms with Crippen LogP contribution in [0.4, 0.5) is 0 Å². The van der Waals surface area contributed by atoms with E-state index in [-0.39, 0.29) is 17.6 Å². The maximum atomic E-state index is 9.14. The molecule has 0 unspecified atom stereocenters. The Kier molecular flexibility index (Phi) is 2.02. The number of hydrogen-bond acceptors (Lipinski definition) is 2. The Labute approximate surface area is 62.2 Å². The van der Waals surface area contributed by atoms with Gasteiger partial charge in [0.1, 0.15) is 0 Å². The van der Waals surface area contributed by atoms with E-state index in [1.165, 1.54) is 0 Å². The molecule has 0 amide bonds. The van der Waals surface area contributed by atoms with Gasteiger partial charge < -0.3 is 9.84 Å². The summed E-state index contributed by atoms with van der Waals surface area (Å²) in [7, 11) is 0. The van der Waals surface area contributed by atoms with Gasteiger partial charge in [-0.15, -0.1) is 0 Å². The lowest BCUT2D eigenvalue weighted by Crippen LogP contribution is -2.25. The van der Waals surface area contributed by atoms with Gasteiger partial charge in [0.2, 0.25) is 0 Å². The number of ether oxygens (including phenoxy) is 1. The average molecular weight is 144 g/mol. The van der Waals surface area contributed by atoms with Gasteiger partial charge in [0.05, 0.1) is 18.8 Å². The first-order valence-corrected chi connectivity index (χ1v) is 3.80. The fourth-order valence-corrected chi connectivity index (χ4v) is 1.21. The van der Waals surface area contributed by atoms with E-state index in [0.29, 0.717) is 6.61 Å². The highest BCUT2D eigenvalue weighted by atomic mass is 16.5. The molecule has 0 aromatic carbocycles. The van der Waals surface area contributed by atoms with Crippen molar-refractivity contribution in [3.05, 3.63) is 0 Å². The molecule has 0 aliphatic carbocycles. The Bertz CT molecular complexity index is 115. The zero-order chi connectivity index (χ0) is 7.78. The van der Waals surface area contributed by atoms with Crippen molar-refractivity contribution in [2.75, 3.05) is 6.61 Å². The topological polar surface area (TPSA) is 29.5 Å². The molecule has 1 fully saturated rings. The highest BCUT2D eigenvalue weighted by Gasteiger charge is 2.32. The number of aliphatic hydroxyl groups is 1. The molecule has 2 heteroatoms. The van der Waals surface area contributed by atoms with Crippen LogP contribution in [0.3, 0.4) is 0 Å². The van der Waals surface area contributed by atoms with Gasteiger partial charge >= 0.3 is 0 Å². The monoisotopic (exact) mass is 144 g/mol. The van der Waals surface area contributed by atoms with Crippen molar-refractivity contribution in [1.82, 2.24) is 0 Å². The predicted octanol–water partition coefficient (Wildman–Crippen LogP) is 1.18. The maximum Gasteiger partial charge on any atom is 0.0798 e. The van der Waals surface area contributed by atoms with E-state index in [0.717, 1.165) is 6.42 Å². The number of aliphatic hydroxyl groups excluding tert-OH is 1. The quantitative estimate of drug-likeness (QED) is 0.553. The molecular weight excluding hydrogens is 128 g/mol. The molecule has 0 spiro atoms. The molecule has 10 heavy (non-hydrogen) atoms. The zero-order valence-corrected chi connectivity index (χ0v) is 6.92. The fourth-order valence-electron chi connectivity index (χ4n) is 1.21. The van der Waals surface area contributed by atoms with Crippen molar-refractivity contribution in [1.29, 1.82) is 0 Å². The van der Waals surface area contributed by atoms with Crippen LogP contribution in [0, 0.1) is 5.41 Å². The Hall–Kier alpha value is -0.0800. The smallest absolute Gasteiger partial charge is 0.0798 e. The summed E-state index contributed by atoms with van der Waals surface area (Å²) in [4.78, 5) is 0. The first-order valence-electron chi connectivity index (χ1n) is 3.80. The first kappa shape index (κ1) is 8.02. The van der Waals surface area contributed by atoms with Crippen molar-refractivity contribution >= 4 is 0 Å². The molecule has 2 atom stereocenters. The van der Waals surface area contributed by atoms with Crippen molar-refractivity contribution in [3.8, 4) is 0 Å². The van der Waals surface area contributed by atoms with E-state index in [1.807, 2.05) is 0 Å². The van der Waals surface area contributed by atoms with E-state index in [4.69, 9.17) is 9.84 Å². The maximum absolute atomic E-state index is 9.14. The van der Waals surface area contributed by atoms with Gasteiger partial charge in [-0.25, -0.2) is 0 Å². The molecule has 1 aliphatic heterocycles. The second-order valence-electron chi connectivity index (χ2n) is 4.08. The second-order valence-corrected chi connectivity index (χ2v) is 4.08. The van der Waals surface area contributed by atoms with E-state index in [9.17, 15) is 0 Å². The summed E-state index contributed by atoms with van der Waals surface area (Å²) in [5, 5.41) is 9.14. The summed E-state index contributed by atoms with van der Waals surface area (Å²) in [6, 6.07) is 0. The molecule has 0 bridgehead atoms. The summed E-state index contributed by atoms with van der Waals surface area (Å²) in [6.07, 6.45) is 0.801. The third-order valence-electron chi connectivity index (χ3n) is 1.94. The van der Waals surface area contributed by atoms with Crippen LogP contribution >= 0.6 is 0 Å². The Balaban J connectivity index is 2.45. The van der Waals surface area contributed by atoms with Gasteiger partial charge in [-0.2, -0.15) is 0 Å². The van der Waals surface area contributed by atoms with Gasteiger partial charge in [0.15, 0.2) is 0 Å². The molecule has 2 nitrogen and oxygen atoms in total. The molecular formula is C8H16O2. The molecule has 1 N–H and O–H groups in total. The minimum atomic E-state index is -0.232. The summed E-state index contributed by atoms with van der Waals surface area (Å²) < 4.78 is 5.38. The van der Waals surface area contributed by atoms with E-state index in [1.54, 1.807) is 0 Å². The van der Waals surface area contributed by atoms with Crippen LogP contribution in [0.5, 0.6) is 0 Å². The molecule has 1 rings (SSSR count). The van der Waals surface area contributed by atoms with E-state index < -0.39 is 0 Å². The van der Waals surface area contributed by atoms with Crippen LogP contribution in [0.2, 0.25) is 0 Å². The van der Waals surface area contributed by atoms with Crippen molar-refractivity contribution < 1.29 is 9.84 Å². The molecule has 1 aliphatic rings. The van der Waals surface area contributed by atoms with Crippen LogP contribution in [-0.4, -0.2) is 23.9 Å². The fraction of sp³-hybridized carbons (Fsp3) is 1.00. The van der Waals surface area contributed by atoms with Gasteiger partial charge in [-0.05, 0) is 5.41 Å². The summed E-state index contributed by atoms with van der Waals surface area (Å²) >= 11 is 0. The van der Waals surface area contributed by atoms with Crippen LogP contribution in [0.1, 0.15) is 27.2 Å². The van der Waals surface area contributed by atoms with E-state index >= 15 is 0 Å². The molecule has 0 aromatic rings. The highest BCUT2D eigenvalue weighted by molar-refractivity contribution is 4.82. The minimum absolute atomic E-state index is 0.178. The second kappa shape index (κ2) is 2.51. The third-order valence-corrected chi connectivity index (χ3v) is 1.94. The zero-order valence-electron chi connectivity index (χ0n) is 6.92. The molecule has 0 saturated carbocycles. The van der Waals surface area contributed by atoms with Crippen molar-refractivity contribution in [3.63, 3.8) is 0 Å².